The van der Waals surface area contributed by atoms with Crippen LogP contribution < -0.4 is 4.74 Å². The van der Waals surface area contributed by atoms with Gasteiger partial charge in [-0.15, -0.1) is 6.58 Å². The van der Waals surface area contributed by atoms with Crippen LogP contribution in [0, 0.1) is 0 Å². The maximum Gasteiger partial charge on any atom is 0.335 e. The van der Waals surface area contributed by atoms with Crippen LogP contribution in [-0.2, 0) is 0 Å². The second-order valence-electron chi connectivity index (χ2n) is 3.94. The van der Waals surface area contributed by atoms with Crippen molar-refractivity contribution < 1.29 is 14.6 Å². The summed E-state index contributed by atoms with van der Waals surface area (Å²) in [5.41, 5.74) is 0.165. The van der Waals surface area contributed by atoms with E-state index >= 15 is 0 Å². The first kappa shape index (κ1) is 14.6. The number of benzene rings is 1. The van der Waals surface area contributed by atoms with Crippen LogP contribution in [0.25, 0.3) is 0 Å². The lowest BCUT2D eigenvalue weighted by atomic mass is 10.2. The third-order valence-electron chi connectivity index (χ3n) is 2.49. The summed E-state index contributed by atoms with van der Waals surface area (Å²) in [7, 11) is 0. The molecule has 1 aromatic carbocycles. The summed E-state index contributed by atoms with van der Waals surface area (Å²) in [4.78, 5) is 10.7. The predicted octanol–water partition coefficient (Wildman–Crippen LogP) is 4.16. The van der Waals surface area contributed by atoms with E-state index in [0.29, 0.717) is 17.4 Å². The molecule has 0 aliphatic heterocycles. The summed E-state index contributed by atoms with van der Waals surface area (Å²) < 4.78 is 5.50. The molecule has 4 heteroatoms. The first-order valence-corrected chi connectivity index (χ1v) is 6.29. The van der Waals surface area contributed by atoms with Crippen molar-refractivity contribution in [2.75, 3.05) is 6.61 Å². The van der Waals surface area contributed by atoms with Crippen molar-refractivity contribution in [3.05, 3.63) is 41.4 Å². The zero-order valence-electron chi connectivity index (χ0n) is 10.2. The fraction of sp³-hybridized carbons (Fsp3) is 0.357. The summed E-state index contributed by atoms with van der Waals surface area (Å²) in [5.74, 6) is -0.460. The molecule has 0 aliphatic rings. The zero-order chi connectivity index (χ0) is 13.4. The lowest BCUT2D eigenvalue weighted by molar-refractivity contribution is 0.0697. The molecule has 98 valence electrons. The van der Waals surface area contributed by atoms with E-state index in [9.17, 15) is 4.79 Å². The zero-order valence-corrected chi connectivity index (χ0v) is 10.9. The Morgan fingerprint density at radius 1 is 1.39 bits per heavy atom. The fourth-order valence-corrected chi connectivity index (χ4v) is 1.74. The van der Waals surface area contributed by atoms with E-state index in [1.54, 1.807) is 6.07 Å². The maximum atomic E-state index is 10.7. The highest BCUT2D eigenvalue weighted by Gasteiger charge is 2.07. The predicted molar refractivity (Wildman–Crippen MR) is 72.6 cm³/mol. The van der Waals surface area contributed by atoms with Gasteiger partial charge < -0.3 is 9.84 Å². The highest BCUT2D eigenvalue weighted by molar-refractivity contribution is 6.32. The number of aromatic carboxylic acids is 1. The number of hydrogen-bond donors (Lipinski definition) is 1. The number of carbonyl (C=O) groups is 1. The minimum atomic E-state index is -0.993. The van der Waals surface area contributed by atoms with Gasteiger partial charge in [0.25, 0.3) is 0 Å². The molecule has 1 aromatic rings. The van der Waals surface area contributed by atoms with Gasteiger partial charge in [-0.25, -0.2) is 4.79 Å². The van der Waals surface area contributed by atoms with E-state index in [2.05, 4.69) is 6.58 Å². The van der Waals surface area contributed by atoms with E-state index in [-0.39, 0.29) is 5.56 Å². The summed E-state index contributed by atoms with van der Waals surface area (Å²) in [6, 6.07) is 4.48. The van der Waals surface area contributed by atoms with Crippen LogP contribution in [0.2, 0.25) is 5.02 Å². The molecule has 0 spiro atoms. The third-order valence-corrected chi connectivity index (χ3v) is 2.78. The van der Waals surface area contributed by atoms with Crippen molar-refractivity contribution in [2.24, 2.45) is 0 Å². The van der Waals surface area contributed by atoms with Crippen molar-refractivity contribution in [3.63, 3.8) is 0 Å². The van der Waals surface area contributed by atoms with Crippen LogP contribution in [0.3, 0.4) is 0 Å². The molecule has 0 heterocycles. The van der Waals surface area contributed by atoms with Gasteiger partial charge in [0.2, 0.25) is 0 Å². The topological polar surface area (TPSA) is 46.5 Å². The molecule has 0 radical (unpaired) electrons. The Morgan fingerprint density at radius 3 is 2.78 bits per heavy atom. The first-order valence-electron chi connectivity index (χ1n) is 5.91. The largest absolute Gasteiger partial charge is 0.492 e. The highest BCUT2D eigenvalue weighted by atomic mass is 35.5. The fourth-order valence-electron chi connectivity index (χ4n) is 1.50. The van der Waals surface area contributed by atoms with Crippen LogP contribution in [0.4, 0.5) is 0 Å². The van der Waals surface area contributed by atoms with Gasteiger partial charge in [-0.3, -0.25) is 0 Å². The van der Waals surface area contributed by atoms with Crippen molar-refractivity contribution >= 4 is 17.6 Å². The summed E-state index contributed by atoms with van der Waals surface area (Å²) in [6.07, 6.45) is 6.07. The number of halogens is 1. The monoisotopic (exact) mass is 268 g/mol. The molecule has 0 aromatic heterocycles. The van der Waals surface area contributed by atoms with Crippen LogP contribution >= 0.6 is 11.6 Å². The van der Waals surface area contributed by atoms with Gasteiger partial charge in [0.05, 0.1) is 17.2 Å². The van der Waals surface area contributed by atoms with Gasteiger partial charge in [0, 0.05) is 0 Å². The Morgan fingerprint density at radius 2 is 2.17 bits per heavy atom. The summed E-state index contributed by atoms with van der Waals surface area (Å²) in [5, 5.41) is 9.12. The van der Waals surface area contributed by atoms with Crippen molar-refractivity contribution in [1.82, 2.24) is 0 Å². The average molecular weight is 269 g/mol. The maximum absolute atomic E-state index is 10.7. The van der Waals surface area contributed by atoms with Gasteiger partial charge in [0.15, 0.2) is 0 Å². The van der Waals surface area contributed by atoms with Crippen LogP contribution in [0.1, 0.15) is 36.0 Å². The first-order chi connectivity index (χ1) is 8.65. The number of hydrogen-bond acceptors (Lipinski definition) is 2. The molecular weight excluding hydrogens is 252 g/mol. The Balaban J connectivity index is 2.38. The Bertz CT molecular complexity index is 416. The summed E-state index contributed by atoms with van der Waals surface area (Å²) in [6.45, 7) is 4.25. The average Bonchev–Trinajstić information content (AvgIpc) is 2.35. The number of allylic oxidation sites excluding steroid dienone is 1. The molecule has 0 atom stereocenters. The minimum absolute atomic E-state index is 0.165. The normalized spacial score (nSPS) is 10.1. The molecule has 0 aliphatic carbocycles. The van der Waals surface area contributed by atoms with Crippen molar-refractivity contribution in [3.8, 4) is 5.75 Å². The molecule has 0 amide bonds. The lowest BCUT2D eigenvalue weighted by Gasteiger charge is -2.08. The number of ether oxygens (including phenoxy) is 1. The second-order valence-corrected chi connectivity index (χ2v) is 4.34. The highest BCUT2D eigenvalue weighted by Crippen LogP contribution is 2.25. The van der Waals surface area contributed by atoms with Gasteiger partial charge >= 0.3 is 5.97 Å². The number of unbranched alkanes of at least 4 members (excludes halogenated alkanes) is 3. The van der Waals surface area contributed by atoms with E-state index in [4.69, 9.17) is 21.4 Å². The molecule has 18 heavy (non-hydrogen) atoms. The smallest absolute Gasteiger partial charge is 0.335 e. The van der Waals surface area contributed by atoms with Crippen LogP contribution in [0.5, 0.6) is 5.75 Å². The Labute approximate surface area is 112 Å². The molecule has 0 bridgehead atoms. The van der Waals surface area contributed by atoms with E-state index < -0.39 is 5.97 Å². The van der Waals surface area contributed by atoms with E-state index in [0.717, 1.165) is 25.7 Å². The number of carboxylic acids is 1. The standard InChI is InChI=1S/C14H17ClO3/c1-2-3-4-5-6-9-18-13-8-7-11(14(16)17)10-12(13)15/h2,7-8,10H,1,3-6,9H2,(H,16,17). The quantitative estimate of drug-likeness (QED) is 0.569. The van der Waals surface area contributed by atoms with E-state index in [1.807, 2.05) is 6.08 Å². The molecule has 1 N–H and O–H groups in total. The Hall–Kier alpha value is -1.48. The van der Waals surface area contributed by atoms with Crippen LogP contribution in [-0.4, -0.2) is 17.7 Å². The lowest BCUT2D eigenvalue weighted by Crippen LogP contribution is -2.00. The van der Waals surface area contributed by atoms with Gasteiger partial charge in [0.1, 0.15) is 5.75 Å². The number of carboxylic acid groups (broad SMARTS) is 1. The van der Waals surface area contributed by atoms with Crippen molar-refractivity contribution in [1.29, 1.82) is 0 Å². The molecule has 0 saturated heterocycles. The molecule has 0 unspecified atom stereocenters. The SMILES string of the molecule is C=CCCCCCOc1ccc(C(=O)O)cc1Cl. The van der Waals surface area contributed by atoms with Gasteiger partial charge in [-0.2, -0.15) is 0 Å². The van der Waals surface area contributed by atoms with Gasteiger partial charge in [-0.1, -0.05) is 17.7 Å². The van der Waals surface area contributed by atoms with Crippen molar-refractivity contribution in [2.45, 2.75) is 25.7 Å². The molecular formula is C14H17ClO3. The second kappa shape index (κ2) is 7.77. The molecule has 1 rings (SSSR count). The summed E-state index contributed by atoms with van der Waals surface area (Å²) >= 11 is 5.93. The molecule has 0 fully saturated rings. The number of rotatable bonds is 8. The van der Waals surface area contributed by atoms with Gasteiger partial charge in [-0.05, 0) is 43.9 Å². The minimum Gasteiger partial charge on any atom is -0.492 e. The Kier molecular flexibility index (Phi) is 6.29. The van der Waals surface area contributed by atoms with Crippen LogP contribution in [0.15, 0.2) is 30.9 Å². The molecule has 0 saturated carbocycles. The molecule has 3 nitrogen and oxygen atoms in total. The van der Waals surface area contributed by atoms with E-state index in [1.165, 1.54) is 12.1 Å². The third kappa shape index (κ3) is 4.80.